The van der Waals surface area contributed by atoms with Gasteiger partial charge in [0.05, 0.1) is 11.3 Å². The summed E-state index contributed by atoms with van der Waals surface area (Å²) in [6, 6.07) is 6.70. The first kappa shape index (κ1) is 21.4. The van der Waals surface area contributed by atoms with E-state index in [9.17, 15) is 14.4 Å². The average Bonchev–Trinajstić information content (AvgIpc) is 3.35. The number of piperidine rings is 2. The molecule has 2 saturated heterocycles. The number of furan rings is 1. The summed E-state index contributed by atoms with van der Waals surface area (Å²) in [7, 11) is 0. The first-order valence-corrected chi connectivity index (χ1v) is 10.9. The average molecular weight is 445 g/mol. The fraction of sp³-hybridized carbons (Fsp3) is 0.455. The number of nitrogens with one attached hydrogen (secondary N) is 1. The number of halogens is 1. The molecule has 0 saturated carbocycles. The van der Waals surface area contributed by atoms with Crippen LogP contribution in [0, 0.1) is 11.8 Å². The molecular formula is C22H25ClN4O4. The number of amides is 3. The highest BCUT2D eigenvalue weighted by atomic mass is 35.5. The number of aromatic nitrogens is 1. The summed E-state index contributed by atoms with van der Waals surface area (Å²) >= 11 is 5.82. The second-order valence-corrected chi connectivity index (χ2v) is 8.43. The number of pyridine rings is 1. The van der Waals surface area contributed by atoms with E-state index in [4.69, 9.17) is 16.0 Å². The van der Waals surface area contributed by atoms with Gasteiger partial charge in [0, 0.05) is 44.2 Å². The largest absolute Gasteiger partial charge is 0.459 e. The number of likely N-dealkylation sites (tertiary alicyclic amines) is 2. The normalized spacial score (nSPS) is 18.1. The van der Waals surface area contributed by atoms with Crippen molar-refractivity contribution in [1.82, 2.24) is 14.8 Å². The quantitative estimate of drug-likeness (QED) is 0.781. The number of anilines is 1. The van der Waals surface area contributed by atoms with Gasteiger partial charge in [0.2, 0.25) is 11.8 Å². The first-order valence-electron chi connectivity index (χ1n) is 10.6. The lowest BCUT2D eigenvalue weighted by Crippen LogP contribution is -2.47. The van der Waals surface area contributed by atoms with Crippen molar-refractivity contribution in [1.29, 1.82) is 0 Å². The van der Waals surface area contributed by atoms with Crippen LogP contribution in [-0.2, 0) is 9.59 Å². The van der Waals surface area contributed by atoms with Crippen molar-refractivity contribution in [3.8, 4) is 0 Å². The molecule has 2 fully saturated rings. The molecule has 0 spiro atoms. The minimum atomic E-state index is -0.144. The van der Waals surface area contributed by atoms with Crippen molar-refractivity contribution in [2.24, 2.45) is 11.8 Å². The number of carbonyl (C=O) groups excluding carboxylic acids is 3. The van der Waals surface area contributed by atoms with Gasteiger partial charge in [-0.2, -0.15) is 0 Å². The van der Waals surface area contributed by atoms with Crippen LogP contribution in [0.25, 0.3) is 0 Å². The van der Waals surface area contributed by atoms with Crippen LogP contribution in [0.3, 0.4) is 0 Å². The lowest BCUT2D eigenvalue weighted by Gasteiger charge is -2.36. The van der Waals surface area contributed by atoms with E-state index in [1.807, 2.05) is 4.90 Å². The molecule has 4 heterocycles. The standard InChI is InChI=1S/C22H25ClN4O4/c23-17-3-4-19(24-14-17)25-20(28)15-5-9-26(10-6-15)21(29)16-7-11-27(12-8-16)22(30)18-2-1-13-31-18/h1-4,13-16H,5-12H2,(H,24,25,28). The number of hydrogen-bond acceptors (Lipinski definition) is 5. The van der Waals surface area contributed by atoms with Crippen molar-refractivity contribution in [2.75, 3.05) is 31.5 Å². The molecule has 0 aliphatic carbocycles. The van der Waals surface area contributed by atoms with Gasteiger partial charge in [-0.1, -0.05) is 11.6 Å². The van der Waals surface area contributed by atoms with Gasteiger partial charge in [-0.25, -0.2) is 4.98 Å². The Balaban J connectivity index is 1.23. The molecule has 0 atom stereocenters. The molecule has 8 nitrogen and oxygen atoms in total. The van der Waals surface area contributed by atoms with Crippen LogP contribution in [0.2, 0.25) is 5.02 Å². The van der Waals surface area contributed by atoms with Crippen LogP contribution in [0.1, 0.15) is 36.2 Å². The topological polar surface area (TPSA) is 95.8 Å². The highest BCUT2D eigenvalue weighted by molar-refractivity contribution is 6.30. The Bertz CT molecular complexity index is 915. The van der Waals surface area contributed by atoms with Crippen molar-refractivity contribution >= 4 is 35.1 Å². The molecule has 0 bridgehead atoms. The summed E-state index contributed by atoms with van der Waals surface area (Å²) in [5.74, 6) is 0.508. The Morgan fingerprint density at radius 1 is 0.968 bits per heavy atom. The van der Waals surface area contributed by atoms with E-state index in [1.54, 1.807) is 29.2 Å². The summed E-state index contributed by atoms with van der Waals surface area (Å²) in [6.07, 6.45) is 5.52. The van der Waals surface area contributed by atoms with Gasteiger partial charge < -0.3 is 19.5 Å². The first-order chi connectivity index (χ1) is 15.0. The van der Waals surface area contributed by atoms with E-state index in [1.165, 1.54) is 12.5 Å². The lowest BCUT2D eigenvalue weighted by molar-refractivity contribution is -0.139. The third-order valence-electron chi connectivity index (χ3n) is 6.02. The predicted molar refractivity (Wildman–Crippen MR) is 115 cm³/mol. The van der Waals surface area contributed by atoms with E-state index in [0.29, 0.717) is 68.5 Å². The molecule has 31 heavy (non-hydrogen) atoms. The Kier molecular flexibility index (Phi) is 6.56. The molecule has 0 radical (unpaired) electrons. The van der Waals surface area contributed by atoms with Gasteiger partial charge in [0.25, 0.3) is 5.91 Å². The van der Waals surface area contributed by atoms with Gasteiger partial charge in [0.1, 0.15) is 5.82 Å². The monoisotopic (exact) mass is 444 g/mol. The highest BCUT2D eigenvalue weighted by Crippen LogP contribution is 2.25. The molecule has 2 aliphatic heterocycles. The molecule has 9 heteroatoms. The Morgan fingerprint density at radius 2 is 1.65 bits per heavy atom. The summed E-state index contributed by atoms with van der Waals surface area (Å²) in [6.45, 7) is 2.22. The van der Waals surface area contributed by atoms with E-state index < -0.39 is 0 Å². The zero-order chi connectivity index (χ0) is 21.8. The van der Waals surface area contributed by atoms with Crippen LogP contribution >= 0.6 is 11.6 Å². The molecule has 164 valence electrons. The second-order valence-electron chi connectivity index (χ2n) is 7.99. The molecule has 4 rings (SSSR count). The lowest BCUT2D eigenvalue weighted by atomic mass is 9.91. The maximum Gasteiger partial charge on any atom is 0.289 e. The maximum absolute atomic E-state index is 12.9. The van der Waals surface area contributed by atoms with Crippen LogP contribution in [0.5, 0.6) is 0 Å². The van der Waals surface area contributed by atoms with Gasteiger partial charge in [-0.15, -0.1) is 0 Å². The van der Waals surface area contributed by atoms with Gasteiger partial charge in [-0.05, 0) is 49.9 Å². The maximum atomic E-state index is 12.9. The summed E-state index contributed by atoms with van der Waals surface area (Å²) in [5, 5.41) is 3.33. The Morgan fingerprint density at radius 3 is 2.26 bits per heavy atom. The number of carbonyl (C=O) groups is 3. The van der Waals surface area contributed by atoms with Crippen LogP contribution < -0.4 is 5.32 Å². The minimum Gasteiger partial charge on any atom is -0.459 e. The molecule has 3 amide bonds. The Hall–Kier alpha value is -2.87. The number of rotatable bonds is 4. The van der Waals surface area contributed by atoms with Crippen LogP contribution in [0.4, 0.5) is 5.82 Å². The zero-order valence-corrected chi connectivity index (χ0v) is 17.9. The predicted octanol–water partition coefficient (Wildman–Crippen LogP) is 3.06. The van der Waals surface area contributed by atoms with E-state index in [-0.39, 0.29) is 29.6 Å². The second kappa shape index (κ2) is 9.51. The molecule has 2 aromatic rings. The summed E-state index contributed by atoms with van der Waals surface area (Å²) < 4.78 is 5.18. The SMILES string of the molecule is O=C(Nc1ccc(Cl)cn1)C1CCN(C(=O)C2CCN(C(=O)c3ccco3)CC2)CC1. The van der Waals surface area contributed by atoms with E-state index in [2.05, 4.69) is 10.3 Å². The molecule has 2 aromatic heterocycles. The number of hydrogen-bond donors (Lipinski definition) is 1. The number of nitrogens with zero attached hydrogens (tertiary/aromatic N) is 3. The Labute approximate surface area is 185 Å². The summed E-state index contributed by atoms with van der Waals surface area (Å²) in [4.78, 5) is 45.5. The third kappa shape index (κ3) is 5.07. The van der Waals surface area contributed by atoms with Gasteiger partial charge in [-0.3, -0.25) is 14.4 Å². The molecule has 2 aliphatic rings. The molecule has 0 unspecified atom stereocenters. The van der Waals surface area contributed by atoms with Crippen LogP contribution in [0.15, 0.2) is 41.1 Å². The highest BCUT2D eigenvalue weighted by Gasteiger charge is 2.34. The van der Waals surface area contributed by atoms with Gasteiger partial charge >= 0.3 is 0 Å². The van der Waals surface area contributed by atoms with Crippen molar-refractivity contribution < 1.29 is 18.8 Å². The van der Waals surface area contributed by atoms with E-state index in [0.717, 1.165) is 0 Å². The molecule has 0 aromatic carbocycles. The third-order valence-corrected chi connectivity index (χ3v) is 6.24. The smallest absolute Gasteiger partial charge is 0.289 e. The zero-order valence-electron chi connectivity index (χ0n) is 17.1. The fourth-order valence-corrected chi connectivity index (χ4v) is 4.30. The summed E-state index contributed by atoms with van der Waals surface area (Å²) in [5.41, 5.74) is 0. The van der Waals surface area contributed by atoms with Crippen molar-refractivity contribution in [3.63, 3.8) is 0 Å². The molecule has 1 N–H and O–H groups in total. The molecular weight excluding hydrogens is 420 g/mol. The van der Waals surface area contributed by atoms with Crippen molar-refractivity contribution in [3.05, 3.63) is 47.5 Å². The van der Waals surface area contributed by atoms with Crippen LogP contribution in [-0.4, -0.2) is 58.7 Å². The van der Waals surface area contributed by atoms with Crippen molar-refractivity contribution in [2.45, 2.75) is 25.7 Å². The van der Waals surface area contributed by atoms with E-state index >= 15 is 0 Å². The fourth-order valence-electron chi connectivity index (χ4n) is 4.18. The van der Waals surface area contributed by atoms with Gasteiger partial charge in [0.15, 0.2) is 5.76 Å². The minimum absolute atomic E-state index is 0.0772.